The van der Waals surface area contributed by atoms with Gasteiger partial charge in [-0.05, 0) is 75.5 Å². The zero-order valence-electron chi connectivity index (χ0n) is 22.8. The lowest BCUT2D eigenvalue weighted by atomic mass is 10.0. The zero-order chi connectivity index (χ0) is 27.9. The van der Waals surface area contributed by atoms with Crippen molar-refractivity contribution in [3.05, 3.63) is 158 Å². The van der Waals surface area contributed by atoms with Crippen molar-refractivity contribution in [3.63, 3.8) is 0 Å². The average Bonchev–Trinajstić information content (AvgIpc) is 3.45. The SMILES string of the molecule is c1ccc(-c2ccc(N(c3ccc(-c4ccccc4)cc3)c3ccc4sc5ccc6ccccc6c5c4n3)cc2)cc1. The molecular weight excluding hydrogens is 529 g/mol. The molecule has 8 aromatic rings. The lowest BCUT2D eigenvalue weighted by molar-refractivity contribution is 1.21. The van der Waals surface area contributed by atoms with Crippen LogP contribution < -0.4 is 4.90 Å². The van der Waals surface area contributed by atoms with Crippen LogP contribution in [0.15, 0.2) is 158 Å². The van der Waals surface area contributed by atoms with Crippen LogP contribution in [0.1, 0.15) is 0 Å². The highest BCUT2D eigenvalue weighted by Gasteiger charge is 2.17. The first-order valence-electron chi connectivity index (χ1n) is 14.1. The Balaban J connectivity index is 1.29. The number of hydrogen-bond acceptors (Lipinski definition) is 3. The maximum Gasteiger partial charge on any atom is 0.138 e. The first kappa shape index (κ1) is 24.5. The summed E-state index contributed by atoms with van der Waals surface area (Å²) in [5, 5.41) is 3.72. The highest BCUT2D eigenvalue weighted by atomic mass is 32.1. The molecule has 198 valence electrons. The number of hydrogen-bond donors (Lipinski definition) is 0. The number of anilines is 3. The molecule has 0 N–H and O–H groups in total. The van der Waals surface area contributed by atoms with Crippen molar-refractivity contribution in [1.29, 1.82) is 0 Å². The average molecular weight is 555 g/mol. The minimum absolute atomic E-state index is 0.898. The van der Waals surface area contributed by atoms with Gasteiger partial charge in [0.15, 0.2) is 0 Å². The van der Waals surface area contributed by atoms with Crippen LogP contribution in [0.4, 0.5) is 17.2 Å². The summed E-state index contributed by atoms with van der Waals surface area (Å²) >= 11 is 1.81. The molecule has 2 aromatic heterocycles. The third-order valence-corrected chi connectivity index (χ3v) is 8.99. The van der Waals surface area contributed by atoms with E-state index in [-0.39, 0.29) is 0 Å². The van der Waals surface area contributed by atoms with Gasteiger partial charge in [0, 0.05) is 21.5 Å². The maximum atomic E-state index is 5.36. The van der Waals surface area contributed by atoms with E-state index in [0.29, 0.717) is 0 Å². The van der Waals surface area contributed by atoms with Crippen molar-refractivity contribution in [3.8, 4) is 22.3 Å². The summed E-state index contributed by atoms with van der Waals surface area (Å²) < 4.78 is 2.46. The van der Waals surface area contributed by atoms with Crippen LogP contribution in [-0.2, 0) is 0 Å². The largest absolute Gasteiger partial charge is 0.295 e. The quantitative estimate of drug-likeness (QED) is 0.210. The summed E-state index contributed by atoms with van der Waals surface area (Å²) in [5.41, 5.74) is 7.99. The molecule has 0 radical (unpaired) electrons. The minimum atomic E-state index is 0.898. The Morgan fingerprint density at radius 3 is 1.57 bits per heavy atom. The number of nitrogens with zero attached hydrogens (tertiary/aromatic N) is 2. The Hall–Kier alpha value is -5.25. The first-order valence-corrected chi connectivity index (χ1v) is 15.0. The van der Waals surface area contributed by atoms with E-state index in [4.69, 9.17) is 4.98 Å². The Kier molecular flexibility index (Phi) is 6.02. The monoisotopic (exact) mass is 554 g/mol. The van der Waals surface area contributed by atoms with Gasteiger partial charge >= 0.3 is 0 Å². The topological polar surface area (TPSA) is 16.1 Å². The van der Waals surface area contributed by atoms with Gasteiger partial charge in [-0.3, -0.25) is 4.90 Å². The molecule has 3 heteroatoms. The second kappa shape index (κ2) is 10.3. The van der Waals surface area contributed by atoms with Crippen LogP contribution in [0.3, 0.4) is 0 Å². The Morgan fingerprint density at radius 2 is 0.952 bits per heavy atom. The van der Waals surface area contributed by atoms with E-state index in [1.807, 2.05) is 0 Å². The van der Waals surface area contributed by atoms with Gasteiger partial charge in [-0.2, -0.15) is 0 Å². The number of thiophene rings is 1. The molecule has 0 aliphatic heterocycles. The van der Waals surface area contributed by atoms with Crippen molar-refractivity contribution in [2.75, 3.05) is 4.90 Å². The van der Waals surface area contributed by atoms with Crippen LogP contribution in [0, 0.1) is 0 Å². The lowest BCUT2D eigenvalue weighted by Gasteiger charge is -2.25. The van der Waals surface area contributed by atoms with E-state index in [1.54, 1.807) is 11.3 Å². The predicted octanol–water partition coefficient (Wildman–Crippen LogP) is 11.4. The lowest BCUT2D eigenvalue weighted by Crippen LogP contribution is -2.11. The normalized spacial score (nSPS) is 11.3. The molecule has 2 heterocycles. The summed E-state index contributed by atoms with van der Waals surface area (Å²) in [6, 6.07) is 56.0. The van der Waals surface area contributed by atoms with E-state index in [0.717, 1.165) is 22.7 Å². The van der Waals surface area contributed by atoms with Crippen LogP contribution in [-0.4, -0.2) is 4.98 Å². The molecule has 8 rings (SSSR count). The fourth-order valence-electron chi connectivity index (χ4n) is 5.80. The highest BCUT2D eigenvalue weighted by Crippen LogP contribution is 2.41. The van der Waals surface area contributed by atoms with Crippen molar-refractivity contribution in [2.45, 2.75) is 0 Å². The molecule has 0 aliphatic carbocycles. The molecule has 0 saturated heterocycles. The molecule has 0 bridgehead atoms. The van der Waals surface area contributed by atoms with Crippen LogP contribution in [0.25, 0.3) is 53.3 Å². The highest BCUT2D eigenvalue weighted by molar-refractivity contribution is 7.26. The standard InChI is InChI=1S/C39H26N2S/c1-3-9-27(10-4-1)29-15-20-32(21-16-29)41(33-22-17-30(18-23-33)28-11-5-2-6-12-28)37-26-25-36-39(40-37)38-34-14-8-7-13-31(34)19-24-35(38)42-36/h1-26H. The van der Waals surface area contributed by atoms with Crippen molar-refractivity contribution < 1.29 is 0 Å². The summed E-state index contributed by atoms with van der Waals surface area (Å²) in [5.74, 6) is 0.898. The Labute approximate surface area is 248 Å². The summed E-state index contributed by atoms with van der Waals surface area (Å²) in [7, 11) is 0. The van der Waals surface area contributed by atoms with E-state index in [1.165, 1.54) is 47.8 Å². The number of benzene rings is 6. The molecule has 0 unspecified atom stereocenters. The zero-order valence-corrected chi connectivity index (χ0v) is 23.6. The van der Waals surface area contributed by atoms with Gasteiger partial charge in [0.05, 0.1) is 10.2 Å². The summed E-state index contributed by atoms with van der Waals surface area (Å²) in [4.78, 5) is 7.63. The van der Waals surface area contributed by atoms with Crippen LogP contribution in [0.5, 0.6) is 0 Å². The van der Waals surface area contributed by atoms with Crippen molar-refractivity contribution in [2.24, 2.45) is 0 Å². The molecule has 0 fully saturated rings. The van der Waals surface area contributed by atoms with Gasteiger partial charge < -0.3 is 0 Å². The summed E-state index contributed by atoms with van der Waals surface area (Å²) in [6.07, 6.45) is 0. The molecule has 0 amide bonds. The van der Waals surface area contributed by atoms with E-state index in [9.17, 15) is 0 Å². The van der Waals surface area contributed by atoms with Crippen molar-refractivity contribution >= 4 is 59.6 Å². The van der Waals surface area contributed by atoms with Crippen LogP contribution >= 0.6 is 11.3 Å². The molecule has 2 nitrogen and oxygen atoms in total. The fourth-order valence-corrected chi connectivity index (χ4v) is 6.86. The van der Waals surface area contributed by atoms with Gasteiger partial charge in [-0.1, -0.05) is 115 Å². The number of pyridine rings is 1. The van der Waals surface area contributed by atoms with Gasteiger partial charge in [0.2, 0.25) is 0 Å². The molecule has 0 spiro atoms. The molecule has 0 aliphatic rings. The predicted molar refractivity (Wildman–Crippen MR) is 180 cm³/mol. The number of rotatable bonds is 5. The van der Waals surface area contributed by atoms with Gasteiger partial charge in [-0.25, -0.2) is 4.98 Å². The fraction of sp³-hybridized carbons (Fsp3) is 0. The summed E-state index contributed by atoms with van der Waals surface area (Å²) in [6.45, 7) is 0. The third kappa shape index (κ3) is 4.32. The molecule has 42 heavy (non-hydrogen) atoms. The molecule has 0 saturated carbocycles. The third-order valence-electron chi connectivity index (χ3n) is 7.89. The van der Waals surface area contributed by atoms with E-state index >= 15 is 0 Å². The second-order valence-electron chi connectivity index (χ2n) is 10.4. The minimum Gasteiger partial charge on any atom is -0.295 e. The molecular formula is C39H26N2S. The molecule has 0 atom stereocenters. The smallest absolute Gasteiger partial charge is 0.138 e. The molecule has 6 aromatic carbocycles. The van der Waals surface area contributed by atoms with Crippen molar-refractivity contribution in [1.82, 2.24) is 4.98 Å². The number of fused-ring (bicyclic) bond motifs is 5. The second-order valence-corrected chi connectivity index (χ2v) is 11.5. The Bertz CT molecular complexity index is 2080. The maximum absolute atomic E-state index is 5.36. The van der Waals surface area contributed by atoms with E-state index < -0.39 is 0 Å². The van der Waals surface area contributed by atoms with Crippen LogP contribution in [0.2, 0.25) is 0 Å². The number of aromatic nitrogens is 1. The van der Waals surface area contributed by atoms with Gasteiger partial charge in [0.1, 0.15) is 5.82 Å². The van der Waals surface area contributed by atoms with Gasteiger partial charge in [-0.15, -0.1) is 11.3 Å². The first-order chi connectivity index (χ1) is 20.8. The van der Waals surface area contributed by atoms with E-state index in [2.05, 4.69) is 163 Å². The Morgan fingerprint density at radius 1 is 0.429 bits per heavy atom. The van der Waals surface area contributed by atoms with Gasteiger partial charge in [0.25, 0.3) is 0 Å².